The van der Waals surface area contributed by atoms with Crippen molar-refractivity contribution in [2.24, 2.45) is 0 Å². The molecule has 1 saturated heterocycles. The highest BCUT2D eigenvalue weighted by atomic mass is 19.1. The molecule has 1 N–H and O–H groups in total. The Kier molecular flexibility index (Phi) is 7.01. The summed E-state index contributed by atoms with van der Waals surface area (Å²) < 4.78 is 50.7. The van der Waals surface area contributed by atoms with Crippen molar-refractivity contribution in [3.8, 4) is 28.9 Å². The van der Waals surface area contributed by atoms with E-state index in [1.54, 1.807) is 12.1 Å². The molecule has 186 valence electrons. The third-order valence-electron chi connectivity index (χ3n) is 5.58. The van der Waals surface area contributed by atoms with Crippen molar-refractivity contribution >= 4 is 11.6 Å². The molecule has 3 heterocycles. The van der Waals surface area contributed by atoms with E-state index in [-0.39, 0.29) is 23.0 Å². The minimum Gasteiger partial charge on any atom is -0.492 e. The van der Waals surface area contributed by atoms with Crippen LogP contribution in [0.4, 0.5) is 14.5 Å². The van der Waals surface area contributed by atoms with Gasteiger partial charge in [0.25, 0.3) is 11.8 Å². The number of nitrogens with zero attached hydrogens (tertiary/aromatic N) is 3. The lowest BCUT2D eigenvalue weighted by Crippen LogP contribution is -2.38. The number of carbonyl (C=O) groups excluding carboxylic acids is 1. The fraction of sp³-hybridized carbons (Fsp3) is 0.240. The van der Waals surface area contributed by atoms with E-state index in [0.29, 0.717) is 43.4 Å². The molecule has 0 bridgehead atoms. The lowest BCUT2D eigenvalue weighted by Gasteiger charge is -2.26. The summed E-state index contributed by atoms with van der Waals surface area (Å²) in [6, 6.07) is 11.1. The van der Waals surface area contributed by atoms with Gasteiger partial charge in [0.05, 0.1) is 30.7 Å². The molecule has 2 aromatic heterocycles. The van der Waals surface area contributed by atoms with Gasteiger partial charge in [-0.15, -0.1) is 10.2 Å². The number of hydrogen-bond acceptors (Lipinski definition) is 8. The zero-order valence-electron chi connectivity index (χ0n) is 19.1. The van der Waals surface area contributed by atoms with Gasteiger partial charge in [-0.25, -0.2) is 8.78 Å². The minimum absolute atomic E-state index is 0.0669. The van der Waals surface area contributed by atoms with Gasteiger partial charge in [-0.2, -0.15) is 0 Å². The SMILES string of the molecule is O=C(Nc1cc(OCCN2CCOCC2)ccc1F)c1cc(-c2nnc(-c3ccco3)o2)ccc1F. The molecule has 0 aliphatic carbocycles. The molecule has 1 aliphatic rings. The number of halogens is 2. The highest BCUT2D eigenvalue weighted by Crippen LogP contribution is 2.27. The highest BCUT2D eigenvalue weighted by molar-refractivity contribution is 6.05. The second-order valence-corrected chi connectivity index (χ2v) is 7.98. The van der Waals surface area contributed by atoms with Crippen molar-refractivity contribution in [1.82, 2.24) is 15.1 Å². The van der Waals surface area contributed by atoms with Crippen LogP contribution in [0.5, 0.6) is 5.75 Å². The van der Waals surface area contributed by atoms with Crippen LogP contribution >= 0.6 is 0 Å². The Bertz CT molecular complexity index is 1340. The zero-order chi connectivity index (χ0) is 24.9. The van der Waals surface area contributed by atoms with Crippen LogP contribution < -0.4 is 10.1 Å². The standard InChI is InChI=1S/C25H22F2N4O5/c26-19-5-3-16(24-29-30-25(36-24)22-2-1-10-35-22)14-18(19)23(32)28-21-15-17(4-6-20(21)27)34-13-9-31-7-11-33-12-8-31/h1-6,10,14-15H,7-9,11-13H2,(H,28,32). The van der Waals surface area contributed by atoms with Gasteiger partial charge in [0.1, 0.15) is 24.0 Å². The number of morpholine rings is 1. The van der Waals surface area contributed by atoms with Crippen molar-refractivity contribution in [3.05, 3.63) is 72.0 Å². The molecule has 0 atom stereocenters. The van der Waals surface area contributed by atoms with E-state index in [1.807, 2.05) is 0 Å². The van der Waals surface area contributed by atoms with Gasteiger partial charge in [0.2, 0.25) is 5.89 Å². The summed E-state index contributed by atoms with van der Waals surface area (Å²) in [5.41, 5.74) is -0.137. The Morgan fingerprint density at radius 2 is 1.83 bits per heavy atom. The molecular weight excluding hydrogens is 474 g/mol. The molecule has 9 nitrogen and oxygen atoms in total. The predicted octanol–water partition coefficient (Wildman–Crippen LogP) is 4.24. The molecule has 1 aliphatic heterocycles. The largest absolute Gasteiger partial charge is 0.492 e. The number of aromatic nitrogens is 2. The fourth-order valence-corrected chi connectivity index (χ4v) is 3.67. The summed E-state index contributed by atoms with van der Waals surface area (Å²) in [5, 5.41) is 10.2. The molecule has 1 amide bonds. The smallest absolute Gasteiger partial charge is 0.283 e. The highest BCUT2D eigenvalue weighted by Gasteiger charge is 2.19. The second-order valence-electron chi connectivity index (χ2n) is 7.98. The second kappa shape index (κ2) is 10.7. The summed E-state index contributed by atoms with van der Waals surface area (Å²) in [5.74, 6) is -1.36. The molecule has 0 spiro atoms. The van der Waals surface area contributed by atoms with E-state index >= 15 is 0 Å². The Hall–Kier alpha value is -4.09. The lowest BCUT2D eigenvalue weighted by molar-refractivity contribution is 0.0322. The van der Waals surface area contributed by atoms with Gasteiger partial charge in [-0.05, 0) is 42.5 Å². The van der Waals surface area contributed by atoms with E-state index in [0.717, 1.165) is 19.2 Å². The van der Waals surface area contributed by atoms with Gasteiger partial charge in [0, 0.05) is 31.3 Å². The summed E-state index contributed by atoms with van der Waals surface area (Å²) in [6.45, 7) is 4.10. The number of hydrogen-bond donors (Lipinski definition) is 1. The number of nitrogens with one attached hydrogen (secondary N) is 1. The van der Waals surface area contributed by atoms with Crippen molar-refractivity contribution in [2.75, 3.05) is 44.8 Å². The Labute approximate surface area is 204 Å². The lowest BCUT2D eigenvalue weighted by atomic mass is 10.1. The van der Waals surface area contributed by atoms with E-state index in [1.165, 1.54) is 36.6 Å². The first-order valence-corrected chi connectivity index (χ1v) is 11.3. The first kappa shape index (κ1) is 23.6. The molecule has 0 saturated carbocycles. The Morgan fingerprint density at radius 1 is 1.03 bits per heavy atom. The quantitative estimate of drug-likeness (QED) is 0.387. The first-order chi connectivity index (χ1) is 17.6. The maximum atomic E-state index is 14.5. The maximum absolute atomic E-state index is 14.5. The summed E-state index contributed by atoms with van der Waals surface area (Å²) >= 11 is 0. The van der Waals surface area contributed by atoms with Crippen molar-refractivity contribution in [3.63, 3.8) is 0 Å². The molecule has 11 heteroatoms. The van der Waals surface area contributed by atoms with Crippen LogP contribution in [-0.4, -0.2) is 60.5 Å². The molecule has 5 rings (SSSR count). The summed E-state index contributed by atoms with van der Waals surface area (Å²) in [6.07, 6.45) is 1.46. The van der Waals surface area contributed by atoms with E-state index in [2.05, 4.69) is 20.4 Å². The van der Waals surface area contributed by atoms with Crippen LogP contribution in [0.25, 0.3) is 23.1 Å². The van der Waals surface area contributed by atoms with Crippen LogP contribution in [0.2, 0.25) is 0 Å². The number of amides is 1. The Morgan fingerprint density at radius 3 is 2.64 bits per heavy atom. The van der Waals surface area contributed by atoms with Crippen molar-refractivity contribution in [2.45, 2.75) is 0 Å². The van der Waals surface area contributed by atoms with Crippen molar-refractivity contribution < 1.29 is 31.9 Å². The number of furan rings is 1. The van der Waals surface area contributed by atoms with Gasteiger partial charge in [-0.3, -0.25) is 9.69 Å². The molecule has 1 fully saturated rings. The van der Waals surface area contributed by atoms with Gasteiger partial charge < -0.3 is 23.6 Å². The molecule has 36 heavy (non-hydrogen) atoms. The first-order valence-electron chi connectivity index (χ1n) is 11.3. The molecular formula is C25H22F2N4O5. The Balaban J connectivity index is 1.28. The third kappa shape index (κ3) is 5.42. The van der Waals surface area contributed by atoms with Crippen LogP contribution in [0.3, 0.4) is 0 Å². The van der Waals surface area contributed by atoms with E-state index < -0.39 is 17.5 Å². The normalized spacial score (nSPS) is 14.1. The number of benzene rings is 2. The topological polar surface area (TPSA) is 103 Å². The zero-order valence-corrected chi connectivity index (χ0v) is 19.1. The van der Waals surface area contributed by atoms with Crippen LogP contribution in [0.15, 0.2) is 63.6 Å². The minimum atomic E-state index is -0.843. The number of carbonyl (C=O) groups is 1. The number of rotatable bonds is 8. The average molecular weight is 496 g/mol. The summed E-state index contributed by atoms with van der Waals surface area (Å²) in [7, 11) is 0. The predicted molar refractivity (Wildman–Crippen MR) is 125 cm³/mol. The van der Waals surface area contributed by atoms with E-state index in [9.17, 15) is 13.6 Å². The number of anilines is 1. The van der Waals surface area contributed by atoms with Gasteiger partial charge in [0.15, 0.2) is 5.76 Å². The van der Waals surface area contributed by atoms with Gasteiger partial charge in [-0.1, -0.05) is 0 Å². The van der Waals surface area contributed by atoms with Crippen molar-refractivity contribution in [1.29, 1.82) is 0 Å². The molecule has 0 radical (unpaired) electrons. The maximum Gasteiger partial charge on any atom is 0.283 e. The van der Waals surface area contributed by atoms with Crippen LogP contribution in [-0.2, 0) is 4.74 Å². The summed E-state index contributed by atoms with van der Waals surface area (Å²) in [4.78, 5) is 15.0. The molecule has 2 aromatic carbocycles. The molecule has 4 aromatic rings. The molecule has 0 unspecified atom stereocenters. The average Bonchev–Trinajstić information content (AvgIpc) is 3.59. The van der Waals surface area contributed by atoms with Crippen LogP contribution in [0, 0.1) is 11.6 Å². The van der Waals surface area contributed by atoms with Crippen LogP contribution in [0.1, 0.15) is 10.4 Å². The number of ether oxygens (including phenoxy) is 2. The van der Waals surface area contributed by atoms with E-state index in [4.69, 9.17) is 18.3 Å². The third-order valence-corrected chi connectivity index (χ3v) is 5.58. The fourth-order valence-electron chi connectivity index (χ4n) is 3.67. The monoisotopic (exact) mass is 496 g/mol. The van der Waals surface area contributed by atoms with Gasteiger partial charge >= 0.3 is 0 Å².